The fourth-order valence-corrected chi connectivity index (χ4v) is 1.76. The molecule has 0 radical (unpaired) electrons. The molecule has 3 N–H and O–H groups in total. The molecule has 0 bridgehead atoms. The third-order valence-electron chi connectivity index (χ3n) is 2.84. The highest BCUT2D eigenvalue weighted by molar-refractivity contribution is 6.31. The number of halogens is 2. The third kappa shape index (κ3) is 2.29. The van der Waals surface area contributed by atoms with Crippen LogP contribution in [0.5, 0.6) is 0 Å². The van der Waals surface area contributed by atoms with Crippen LogP contribution in [0.15, 0.2) is 18.2 Å². The summed E-state index contributed by atoms with van der Waals surface area (Å²) in [4.78, 5) is 0. The first kappa shape index (κ1) is 11.6. The van der Waals surface area contributed by atoms with Crippen LogP contribution in [0.25, 0.3) is 0 Å². The number of hydrogen-bond donors (Lipinski definition) is 2. The molecule has 2 rings (SSSR count). The average Bonchev–Trinajstić information content (AvgIpc) is 2.22. The summed E-state index contributed by atoms with van der Waals surface area (Å²) >= 11 is 5.68. The first-order valence-electron chi connectivity index (χ1n) is 5.12. The van der Waals surface area contributed by atoms with Crippen molar-refractivity contribution in [2.24, 2.45) is 11.1 Å². The molecule has 0 amide bonds. The second kappa shape index (κ2) is 4.57. The van der Waals surface area contributed by atoms with Crippen molar-refractivity contribution in [1.29, 1.82) is 0 Å². The van der Waals surface area contributed by atoms with Crippen molar-refractivity contribution in [3.05, 3.63) is 29.0 Å². The van der Waals surface area contributed by atoms with Crippen LogP contribution in [0.3, 0.4) is 0 Å². The van der Waals surface area contributed by atoms with Gasteiger partial charge in [0.25, 0.3) is 0 Å². The lowest BCUT2D eigenvalue weighted by molar-refractivity contribution is -0.0979. The Morgan fingerprint density at radius 3 is 2.75 bits per heavy atom. The summed E-state index contributed by atoms with van der Waals surface area (Å²) in [6, 6.07) is 4.57. The molecule has 1 aromatic carbocycles. The van der Waals surface area contributed by atoms with Crippen molar-refractivity contribution < 1.29 is 9.13 Å². The van der Waals surface area contributed by atoms with E-state index in [0.717, 1.165) is 5.69 Å². The van der Waals surface area contributed by atoms with Gasteiger partial charge in [0.1, 0.15) is 5.82 Å². The summed E-state index contributed by atoms with van der Waals surface area (Å²) < 4.78 is 18.1. The van der Waals surface area contributed by atoms with Gasteiger partial charge in [0.05, 0.1) is 18.2 Å². The maximum Gasteiger partial charge on any atom is 0.141 e. The molecule has 0 aliphatic carbocycles. The van der Waals surface area contributed by atoms with Gasteiger partial charge in [0.2, 0.25) is 0 Å². The molecular weight excluding hydrogens is 231 g/mol. The maximum absolute atomic E-state index is 12.9. The van der Waals surface area contributed by atoms with Crippen LogP contribution in [0.1, 0.15) is 0 Å². The van der Waals surface area contributed by atoms with Crippen LogP contribution in [0.2, 0.25) is 5.02 Å². The lowest BCUT2D eigenvalue weighted by Gasteiger charge is -2.40. The fourth-order valence-electron chi connectivity index (χ4n) is 1.58. The van der Waals surface area contributed by atoms with E-state index in [4.69, 9.17) is 22.1 Å². The lowest BCUT2D eigenvalue weighted by Crippen LogP contribution is -2.52. The van der Waals surface area contributed by atoms with Gasteiger partial charge in [-0.3, -0.25) is 0 Å². The van der Waals surface area contributed by atoms with Crippen LogP contribution in [-0.2, 0) is 4.74 Å². The summed E-state index contributed by atoms with van der Waals surface area (Å²) in [6.45, 7) is 2.64. The average molecular weight is 245 g/mol. The Kier molecular flexibility index (Phi) is 3.33. The van der Waals surface area contributed by atoms with Crippen molar-refractivity contribution in [2.45, 2.75) is 0 Å². The quantitative estimate of drug-likeness (QED) is 0.850. The molecule has 1 aliphatic rings. The zero-order valence-corrected chi connectivity index (χ0v) is 9.56. The molecule has 1 heterocycles. The Morgan fingerprint density at radius 2 is 2.25 bits per heavy atom. The Balaban J connectivity index is 1.96. The summed E-state index contributed by atoms with van der Waals surface area (Å²) in [7, 11) is 0. The largest absolute Gasteiger partial charge is 0.384 e. The Hall–Kier alpha value is -0.840. The van der Waals surface area contributed by atoms with E-state index in [0.29, 0.717) is 26.3 Å². The molecule has 0 unspecified atom stereocenters. The Labute approximate surface area is 98.7 Å². The van der Waals surface area contributed by atoms with Crippen LogP contribution in [0, 0.1) is 11.2 Å². The van der Waals surface area contributed by atoms with Gasteiger partial charge in [-0.1, -0.05) is 11.6 Å². The fraction of sp³-hybridized carbons (Fsp3) is 0.455. The molecule has 1 aromatic rings. The van der Waals surface area contributed by atoms with Gasteiger partial charge in [0.15, 0.2) is 0 Å². The van der Waals surface area contributed by atoms with Gasteiger partial charge in [-0.15, -0.1) is 0 Å². The van der Waals surface area contributed by atoms with Crippen molar-refractivity contribution in [1.82, 2.24) is 0 Å². The van der Waals surface area contributed by atoms with Crippen LogP contribution in [-0.4, -0.2) is 26.3 Å². The highest BCUT2D eigenvalue weighted by Crippen LogP contribution is 2.27. The van der Waals surface area contributed by atoms with E-state index in [1.807, 2.05) is 0 Å². The number of nitrogens with two attached hydrogens (primary N) is 1. The number of anilines is 1. The summed E-state index contributed by atoms with van der Waals surface area (Å²) in [6.07, 6.45) is 0. The first-order chi connectivity index (χ1) is 7.65. The van der Waals surface area contributed by atoms with Crippen molar-refractivity contribution in [3.63, 3.8) is 0 Å². The Bertz CT molecular complexity index is 377. The van der Waals surface area contributed by atoms with Gasteiger partial charge >= 0.3 is 0 Å². The van der Waals surface area contributed by atoms with Gasteiger partial charge in [-0.2, -0.15) is 0 Å². The number of hydrogen-bond acceptors (Lipinski definition) is 3. The molecule has 16 heavy (non-hydrogen) atoms. The van der Waals surface area contributed by atoms with Crippen LogP contribution in [0.4, 0.5) is 10.1 Å². The molecule has 0 atom stereocenters. The minimum Gasteiger partial charge on any atom is -0.384 e. The normalized spacial score (nSPS) is 17.9. The molecule has 1 saturated heterocycles. The van der Waals surface area contributed by atoms with E-state index in [9.17, 15) is 4.39 Å². The van der Waals surface area contributed by atoms with Gasteiger partial charge in [0, 0.05) is 24.2 Å². The van der Waals surface area contributed by atoms with E-state index in [-0.39, 0.29) is 10.4 Å². The van der Waals surface area contributed by atoms with E-state index < -0.39 is 5.82 Å². The minimum absolute atomic E-state index is 0.0147. The number of nitrogens with one attached hydrogen (secondary N) is 1. The second-order valence-corrected chi connectivity index (χ2v) is 4.59. The molecule has 1 aliphatic heterocycles. The molecule has 5 heteroatoms. The highest BCUT2D eigenvalue weighted by Gasteiger charge is 2.36. The van der Waals surface area contributed by atoms with Crippen molar-refractivity contribution in [2.75, 3.05) is 31.6 Å². The van der Waals surface area contributed by atoms with Gasteiger partial charge in [-0.05, 0) is 18.2 Å². The van der Waals surface area contributed by atoms with E-state index >= 15 is 0 Å². The smallest absolute Gasteiger partial charge is 0.141 e. The van der Waals surface area contributed by atoms with Gasteiger partial charge in [-0.25, -0.2) is 4.39 Å². The van der Waals surface area contributed by atoms with E-state index in [1.54, 1.807) is 12.1 Å². The predicted molar refractivity (Wildman–Crippen MR) is 62.2 cm³/mol. The minimum atomic E-state index is -0.410. The maximum atomic E-state index is 12.9. The standard InChI is InChI=1S/C11H14ClFN2O/c12-9-3-8(1-2-10(9)13)15-5-11(4-14)6-16-7-11/h1-3,15H,4-7,14H2. The van der Waals surface area contributed by atoms with Crippen LogP contribution < -0.4 is 11.1 Å². The molecule has 1 fully saturated rings. The first-order valence-corrected chi connectivity index (χ1v) is 5.50. The third-order valence-corrected chi connectivity index (χ3v) is 3.13. The number of benzene rings is 1. The topological polar surface area (TPSA) is 47.3 Å². The molecule has 88 valence electrons. The second-order valence-electron chi connectivity index (χ2n) is 4.18. The predicted octanol–water partition coefficient (Wildman–Crippen LogP) is 1.87. The van der Waals surface area contributed by atoms with E-state index in [1.165, 1.54) is 6.07 Å². The monoisotopic (exact) mass is 244 g/mol. The van der Waals surface area contributed by atoms with Crippen molar-refractivity contribution >= 4 is 17.3 Å². The lowest BCUT2D eigenvalue weighted by atomic mass is 9.86. The summed E-state index contributed by atoms with van der Waals surface area (Å²) in [5.41, 5.74) is 6.49. The molecule has 0 aromatic heterocycles. The number of ether oxygens (including phenoxy) is 1. The zero-order chi connectivity index (χ0) is 11.6. The highest BCUT2D eigenvalue weighted by atomic mass is 35.5. The van der Waals surface area contributed by atoms with E-state index in [2.05, 4.69) is 5.32 Å². The molecule has 3 nitrogen and oxygen atoms in total. The van der Waals surface area contributed by atoms with Gasteiger partial charge < -0.3 is 15.8 Å². The van der Waals surface area contributed by atoms with Crippen molar-refractivity contribution in [3.8, 4) is 0 Å². The number of rotatable bonds is 4. The zero-order valence-electron chi connectivity index (χ0n) is 8.80. The molecular formula is C11H14ClFN2O. The summed E-state index contributed by atoms with van der Waals surface area (Å²) in [5.74, 6) is -0.410. The van der Waals surface area contributed by atoms with Crippen LogP contribution >= 0.6 is 11.6 Å². The SMILES string of the molecule is NCC1(CNc2ccc(F)c(Cl)c2)COC1. The Morgan fingerprint density at radius 1 is 1.50 bits per heavy atom. The summed E-state index contributed by atoms with van der Waals surface area (Å²) in [5, 5.41) is 3.32. The molecule has 0 spiro atoms. The molecule has 0 saturated carbocycles.